The smallest absolute Gasteiger partial charge is 0.313 e. The van der Waals surface area contributed by atoms with Crippen LogP contribution in [0.25, 0.3) is 0 Å². The summed E-state index contributed by atoms with van der Waals surface area (Å²) in [6.45, 7) is 0.330. The highest BCUT2D eigenvalue weighted by Crippen LogP contribution is 2.19. The number of hydrogen-bond acceptors (Lipinski definition) is 4. The van der Waals surface area contributed by atoms with Crippen LogP contribution in [0, 0.1) is 5.82 Å². The fourth-order valence-corrected chi connectivity index (χ4v) is 2.03. The quantitative estimate of drug-likeness (QED) is 0.608. The molecule has 0 saturated heterocycles. The zero-order chi connectivity index (χ0) is 18.2. The molecular formula is C17H16ClFN2O4. The first-order chi connectivity index (χ1) is 12.0. The Morgan fingerprint density at radius 1 is 1.08 bits per heavy atom. The molecule has 2 aromatic rings. The van der Waals surface area contributed by atoms with Gasteiger partial charge < -0.3 is 20.1 Å². The van der Waals surface area contributed by atoms with E-state index in [2.05, 4.69) is 10.6 Å². The summed E-state index contributed by atoms with van der Waals surface area (Å²) in [5.41, 5.74) is 0.223. The summed E-state index contributed by atoms with van der Waals surface area (Å²) in [5, 5.41) is 4.59. The van der Waals surface area contributed by atoms with Gasteiger partial charge in [0.15, 0.2) is 0 Å². The monoisotopic (exact) mass is 366 g/mol. The lowest BCUT2D eigenvalue weighted by atomic mass is 10.3. The zero-order valence-electron chi connectivity index (χ0n) is 13.3. The molecule has 0 unspecified atom stereocenters. The van der Waals surface area contributed by atoms with Crippen molar-refractivity contribution >= 4 is 29.1 Å². The summed E-state index contributed by atoms with van der Waals surface area (Å²) in [6.07, 6.45) is 0. The van der Waals surface area contributed by atoms with Crippen LogP contribution >= 0.6 is 11.6 Å². The van der Waals surface area contributed by atoms with Gasteiger partial charge in [0.1, 0.15) is 23.9 Å². The molecule has 8 heteroatoms. The van der Waals surface area contributed by atoms with Crippen LogP contribution in [0.3, 0.4) is 0 Å². The molecule has 2 amide bonds. The largest absolute Gasteiger partial charge is 0.497 e. The Morgan fingerprint density at radius 2 is 1.76 bits per heavy atom. The van der Waals surface area contributed by atoms with Crippen molar-refractivity contribution in [1.29, 1.82) is 0 Å². The maximum absolute atomic E-state index is 13.0. The molecule has 0 bridgehead atoms. The molecule has 2 aromatic carbocycles. The number of methoxy groups -OCH3 is 1. The summed E-state index contributed by atoms with van der Waals surface area (Å²) in [7, 11) is 1.57. The van der Waals surface area contributed by atoms with Crippen molar-refractivity contribution in [3.05, 3.63) is 53.3 Å². The summed E-state index contributed by atoms with van der Waals surface area (Å²) < 4.78 is 23.5. The van der Waals surface area contributed by atoms with E-state index in [0.29, 0.717) is 11.5 Å². The third-order valence-corrected chi connectivity index (χ3v) is 3.39. The Balaban J connectivity index is 1.73. The van der Waals surface area contributed by atoms with Gasteiger partial charge in [0.05, 0.1) is 18.7 Å². The number of amides is 2. The predicted octanol–water partition coefficient (Wildman–Crippen LogP) is 2.62. The van der Waals surface area contributed by atoms with Crippen LogP contribution in [-0.4, -0.2) is 32.1 Å². The minimum Gasteiger partial charge on any atom is -0.497 e. The van der Waals surface area contributed by atoms with Crippen LogP contribution in [-0.2, 0) is 9.59 Å². The number of nitrogens with one attached hydrogen (secondary N) is 2. The lowest BCUT2D eigenvalue weighted by molar-refractivity contribution is -0.136. The fourth-order valence-electron chi connectivity index (χ4n) is 1.85. The highest BCUT2D eigenvalue weighted by Gasteiger charge is 2.13. The summed E-state index contributed by atoms with van der Waals surface area (Å²) in [6, 6.07) is 10.6. The minimum absolute atomic E-state index is 0.141. The molecule has 6 nitrogen and oxygen atoms in total. The van der Waals surface area contributed by atoms with Gasteiger partial charge in [-0.15, -0.1) is 0 Å². The number of rotatable bonds is 6. The van der Waals surface area contributed by atoms with E-state index >= 15 is 0 Å². The molecule has 0 spiro atoms. The third kappa shape index (κ3) is 5.65. The highest BCUT2D eigenvalue weighted by molar-refractivity contribution is 6.39. The highest BCUT2D eigenvalue weighted by atomic mass is 35.5. The summed E-state index contributed by atoms with van der Waals surface area (Å²) in [5.74, 6) is -1.01. The molecule has 0 heterocycles. The fraction of sp³-hybridized carbons (Fsp3) is 0.176. The van der Waals surface area contributed by atoms with Gasteiger partial charge in [0.25, 0.3) is 0 Å². The molecule has 0 fully saturated rings. The molecule has 0 saturated carbocycles. The second-order valence-corrected chi connectivity index (χ2v) is 5.27. The standard InChI is InChI=1S/C17H16ClFN2O4/c1-24-12-3-5-13(6-4-12)25-9-8-20-16(22)17(23)21-11-2-7-15(19)14(18)10-11/h2-7,10H,8-9H2,1H3,(H,20,22)(H,21,23). The van der Waals surface area contributed by atoms with Gasteiger partial charge in [-0.05, 0) is 42.5 Å². The van der Waals surface area contributed by atoms with Crippen molar-refractivity contribution in [3.8, 4) is 11.5 Å². The van der Waals surface area contributed by atoms with Crippen LogP contribution in [0.2, 0.25) is 5.02 Å². The number of carbonyl (C=O) groups excluding carboxylic acids is 2. The van der Waals surface area contributed by atoms with Crippen molar-refractivity contribution in [2.45, 2.75) is 0 Å². The zero-order valence-corrected chi connectivity index (χ0v) is 14.1. The van der Waals surface area contributed by atoms with E-state index in [4.69, 9.17) is 21.1 Å². The maximum atomic E-state index is 13.0. The van der Waals surface area contributed by atoms with Crippen LogP contribution in [0.15, 0.2) is 42.5 Å². The minimum atomic E-state index is -0.882. The molecular weight excluding hydrogens is 351 g/mol. The number of benzene rings is 2. The van der Waals surface area contributed by atoms with Gasteiger partial charge in [-0.1, -0.05) is 11.6 Å². The van der Waals surface area contributed by atoms with E-state index in [-0.39, 0.29) is 23.9 Å². The molecule has 0 aliphatic rings. The molecule has 0 aliphatic heterocycles. The first-order valence-electron chi connectivity index (χ1n) is 7.30. The summed E-state index contributed by atoms with van der Waals surface area (Å²) >= 11 is 5.61. The number of carbonyl (C=O) groups is 2. The molecule has 0 aliphatic carbocycles. The second kappa shape index (κ2) is 8.89. The number of anilines is 1. The normalized spacial score (nSPS) is 10.0. The molecule has 2 rings (SSSR count). The van der Waals surface area contributed by atoms with E-state index < -0.39 is 17.6 Å². The van der Waals surface area contributed by atoms with E-state index in [1.165, 1.54) is 12.1 Å². The van der Waals surface area contributed by atoms with Gasteiger partial charge in [0.2, 0.25) is 0 Å². The maximum Gasteiger partial charge on any atom is 0.313 e. The first kappa shape index (κ1) is 18.5. The third-order valence-electron chi connectivity index (χ3n) is 3.10. The Morgan fingerprint density at radius 3 is 2.40 bits per heavy atom. The van der Waals surface area contributed by atoms with Gasteiger partial charge in [-0.3, -0.25) is 9.59 Å². The number of halogens is 2. The molecule has 0 aromatic heterocycles. The van der Waals surface area contributed by atoms with Crippen LogP contribution in [0.4, 0.5) is 10.1 Å². The van der Waals surface area contributed by atoms with Crippen LogP contribution in [0.5, 0.6) is 11.5 Å². The Bertz CT molecular complexity index is 753. The Hall–Kier alpha value is -2.80. The Kier molecular flexibility index (Phi) is 6.59. The molecule has 132 valence electrons. The second-order valence-electron chi connectivity index (χ2n) is 4.86. The van der Waals surface area contributed by atoms with E-state index in [1.54, 1.807) is 31.4 Å². The average Bonchev–Trinajstić information content (AvgIpc) is 2.62. The molecule has 2 N–H and O–H groups in total. The molecule has 25 heavy (non-hydrogen) atoms. The van der Waals surface area contributed by atoms with Crippen molar-refractivity contribution in [3.63, 3.8) is 0 Å². The van der Waals surface area contributed by atoms with Crippen molar-refractivity contribution in [1.82, 2.24) is 5.32 Å². The SMILES string of the molecule is COc1ccc(OCCNC(=O)C(=O)Nc2ccc(F)c(Cl)c2)cc1. The van der Waals surface area contributed by atoms with E-state index in [0.717, 1.165) is 6.07 Å². The van der Waals surface area contributed by atoms with Crippen LogP contribution in [0.1, 0.15) is 0 Å². The van der Waals surface area contributed by atoms with Gasteiger partial charge in [0, 0.05) is 5.69 Å². The first-order valence-corrected chi connectivity index (χ1v) is 7.68. The Labute approximate surface area is 148 Å². The van der Waals surface area contributed by atoms with Crippen molar-refractivity contribution in [2.24, 2.45) is 0 Å². The van der Waals surface area contributed by atoms with Crippen molar-refractivity contribution in [2.75, 3.05) is 25.6 Å². The van der Waals surface area contributed by atoms with Gasteiger partial charge >= 0.3 is 11.8 Å². The van der Waals surface area contributed by atoms with E-state index in [9.17, 15) is 14.0 Å². The number of ether oxygens (including phenoxy) is 2. The summed E-state index contributed by atoms with van der Waals surface area (Å²) in [4.78, 5) is 23.4. The van der Waals surface area contributed by atoms with Crippen LogP contribution < -0.4 is 20.1 Å². The predicted molar refractivity (Wildman–Crippen MR) is 91.5 cm³/mol. The molecule has 0 atom stereocenters. The number of hydrogen-bond donors (Lipinski definition) is 2. The van der Waals surface area contributed by atoms with Gasteiger partial charge in [-0.2, -0.15) is 0 Å². The van der Waals surface area contributed by atoms with Gasteiger partial charge in [-0.25, -0.2) is 4.39 Å². The lowest BCUT2D eigenvalue weighted by Crippen LogP contribution is -2.37. The average molecular weight is 367 g/mol. The van der Waals surface area contributed by atoms with E-state index in [1.807, 2.05) is 0 Å². The topological polar surface area (TPSA) is 76.7 Å². The molecule has 0 radical (unpaired) electrons. The lowest BCUT2D eigenvalue weighted by Gasteiger charge is -2.09. The van der Waals surface area contributed by atoms with Crippen molar-refractivity contribution < 1.29 is 23.5 Å².